The highest BCUT2D eigenvalue weighted by molar-refractivity contribution is 6.01. The van der Waals surface area contributed by atoms with Crippen LogP contribution in [0.4, 0.5) is 11.6 Å². The first kappa shape index (κ1) is 19.2. The van der Waals surface area contributed by atoms with Gasteiger partial charge in [-0.15, -0.1) is 0 Å². The van der Waals surface area contributed by atoms with Crippen molar-refractivity contribution >= 4 is 17.4 Å². The number of carbonyl (C=O) groups excluding carboxylic acids is 1. The van der Waals surface area contributed by atoms with Crippen molar-refractivity contribution in [1.29, 1.82) is 0 Å². The van der Waals surface area contributed by atoms with Gasteiger partial charge in [0, 0.05) is 29.3 Å². The normalized spacial score (nSPS) is 20.1. The Kier molecular flexibility index (Phi) is 4.82. The average molecular weight is 418 g/mol. The number of Topliss-reactive ketones (excluding diaryl/α,β-unsaturated/α-hetero) is 1. The number of carbonyl (C=O) groups is 1. The Morgan fingerprint density at radius 2 is 1.81 bits per heavy atom. The van der Waals surface area contributed by atoms with Crippen LogP contribution in [0.1, 0.15) is 35.9 Å². The highest BCUT2D eigenvalue weighted by Crippen LogP contribution is 2.45. The number of fused-ring (bicyclic) bond motifs is 1. The highest BCUT2D eigenvalue weighted by Gasteiger charge is 2.38. The number of aromatic nitrogens is 2. The third kappa shape index (κ3) is 3.39. The van der Waals surface area contributed by atoms with Gasteiger partial charge in [0.2, 0.25) is 11.6 Å². The summed E-state index contributed by atoms with van der Waals surface area (Å²) >= 11 is 0. The van der Waals surface area contributed by atoms with Crippen LogP contribution in [0.5, 0.6) is 11.5 Å². The van der Waals surface area contributed by atoms with E-state index in [9.17, 15) is 4.79 Å². The third-order valence-corrected chi connectivity index (χ3v) is 5.86. The van der Waals surface area contributed by atoms with E-state index in [-0.39, 0.29) is 11.7 Å². The quantitative estimate of drug-likeness (QED) is 0.654. The van der Waals surface area contributed by atoms with Gasteiger partial charge in [0.05, 0.1) is 20.3 Å². The number of nitrogens with one attached hydrogen (secondary N) is 2. The summed E-state index contributed by atoms with van der Waals surface area (Å²) in [7, 11) is 3.20. The Morgan fingerprint density at radius 3 is 2.58 bits per heavy atom. The molecular weight excluding hydrogens is 396 g/mol. The molecule has 2 unspecified atom stereocenters. The molecule has 0 saturated carbocycles. The fourth-order valence-corrected chi connectivity index (χ4v) is 4.35. The van der Waals surface area contributed by atoms with Crippen molar-refractivity contribution in [2.45, 2.75) is 24.8 Å². The number of ketones is 1. The first-order valence-electron chi connectivity index (χ1n) is 10.1. The summed E-state index contributed by atoms with van der Waals surface area (Å²) in [6.45, 7) is 0. The van der Waals surface area contributed by atoms with Gasteiger partial charge in [-0.05, 0) is 40.3 Å². The molecule has 0 saturated heterocycles. The molecule has 8 nitrogen and oxygen atoms in total. The van der Waals surface area contributed by atoms with Gasteiger partial charge in [0.1, 0.15) is 11.5 Å². The topological polar surface area (TPSA) is 98.5 Å². The second kappa shape index (κ2) is 7.79. The molecule has 5 rings (SSSR count). The molecule has 2 N–H and O–H groups in total. The zero-order valence-electron chi connectivity index (χ0n) is 17.2. The lowest BCUT2D eigenvalue weighted by molar-refractivity contribution is -0.116. The SMILES string of the molecule is COc1ccc(C2Nc3nonc3NC3=C2C(=O)CC(c2ccccc2)C3)c(OC)c1. The molecule has 0 amide bonds. The van der Waals surface area contributed by atoms with Gasteiger partial charge in [-0.25, -0.2) is 4.63 Å². The lowest BCUT2D eigenvalue weighted by Crippen LogP contribution is -2.27. The predicted octanol–water partition coefficient (Wildman–Crippen LogP) is 4.07. The zero-order valence-corrected chi connectivity index (χ0v) is 17.2. The van der Waals surface area contributed by atoms with Gasteiger partial charge in [0.25, 0.3) is 0 Å². The Hall–Kier alpha value is -3.81. The summed E-state index contributed by atoms with van der Waals surface area (Å²) in [6.07, 6.45) is 1.10. The molecule has 0 fully saturated rings. The number of hydrogen-bond donors (Lipinski definition) is 2. The monoisotopic (exact) mass is 418 g/mol. The molecule has 2 aliphatic rings. The minimum atomic E-state index is -0.472. The molecule has 2 aromatic carbocycles. The molecule has 1 aliphatic heterocycles. The van der Waals surface area contributed by atoms with E-state index in [1.165, 1.54) is 0 Å². The number of ether oxygens (including phenoxy) is 2. The van der Waals surface area contributed by atoms with Crippen molar-refractivity contribution in [3.63, 3.8) is 0 Å². The second-order valence-electron chi connectivity index (χ2n) is 7.60. The van der Waals surface area contributed by atoms with Crippen molar-refractivity contribution in [3.8, 4) is 11.5 Å². The molecule has 1 aromatic heterocycles. The minimum absolute atomic E-state index is 0.0695. The summed E-state index contributed by atoms with van der Waals surface area (Å²) in [5.41, 5.74) is 3.42. The van der Waals surface area contributed by atoms with Crippen LogP contribution < -0.4 is 20.1 Å². The highest BCUT2D eigenvalue weighted by atomic mass is 16.6. The maximum Gasteiger partial charge on any atom is 0.219 e. The molecule has 2 heterocycles. The first-order chi connectivity index (χ1) is 15.2. The van der Waals surface area contributed by atoms with Crippen LogP contribution in [0.25, 0.3) is 0 Å². The second-order valence-corrected chi connectivity index (χ2v) is 7.60. The van der Waals surface area contributed by atoms with E-state index in [2.05, 4.69) is 33.1 Å². The predicted molar refractivity (Wildman–Crippen MR) is 114 cm³/mol. The van der Waals surface area contributed by atoms with Crippen LogP contribution in [-0.2, 0) is 4.79 Å². The van der Waals surface area contributed by atoms with Crippen LogP contribution in [0, 0.1) is 0 Å². The Balaban J connectivity index is 1.62. The average Bonchev–Trinajstić information content (AvgIpc) is 3.17. The maximum absolute atomic E-state index is 13.5. The molecular formula is C23H22N4O4. The van der Waals surface area contributed by atoms with E-state index in [0.29, 0.717) is 41.5 Å². The molecule has 3 aromatic rings. The van der Waals surface area contributed by atoms with Crippen LogP contribution in [0.3, 0.4) is 0 Å². The van der Waals surface area contributed by atoms with Crippen LogP contribution in [-0.4, -0.2) is 30.3 Å². The van der Waals surface area contributed by atoms with Crippen LogP contribution >= 0.6 is 0 Å². The van der Waals surface area contributed by atoms with E-state index in [1.807, 2.05) is 30.3 Å². The molecule has 1 aliphatic carbocycles. The minimum Gasteiger partial charge on any atom is -0.497 e. The standard InChI is InChI=1S/C23H22N4O4/c1-29-15-8-9-16(19(12-15)30-2)21-20-17(24-22-23(25-21)27-31-26-22)10-14(11-18(20)28)13-6-4-3-5-7-13/h3-9,12,14,21H,10-11H2,1-2H3,(H,24,26)(H,25,27). The van der Waals surface area contributed by atoms with Gasteiger partial charge in [0.15, 0.2) is 5.78 Å². The van der Waals surface area contributed by atoms with Crippen molar-refractivity contribution < 1.29 is 18.9 Å². The fraction of sp³-hybridized carbons (Fsp3) is 0.261. The summed E-state index contributed by atoms with van der Waals surface area (Å²) in [5, 5.41) is 14.6. The van der Waals surface area contributed by atoms with Gasteiger partial charge < -0.3 is 20.1 Å². The molecule has 2 atom stereocenters. The van der Waals surface area contributed by atoms with E-state index in [1.54, 1.807) is 20.3 Å². The van der Waals surface area contributed by atoms with Gasteiger partial charge >= 0.3 is 0 Å². The van der Waals surface area contributed by atoms with Crippen molar-refractivity contribution in [2.75, 3.05) is 24.9 Å². The smallest absolute Gasteiger partial charge is 0.219 e. The number of methoxy groups -OCH3 is 2. The summed E-state index contributed by atoms with van der Waals surface area (Å²) in [5.74, 6) is 2.34. The molecule has 8 heteroatoms. The third-order valence-electron chi connectivity index (χ3n) is 5.86. The van der Waals surface area contributed by atoms with E-state index < -0.39 is 6.04 Å². The molecule has 0 spiro atoms. The number of benzene rings is 2. The summed E-state index contributed by atoms with van der Waals surface area (Å²) in [6, 6.07) is 15.2. The largest absolute Gasteiger partial charge is 0.497 e. The summed E-state index contributed by atoms with van der Waals surface area (Å²) in [4.78, 5) is 13.5. The van der Waals surface area contributed by atoms with Gasteiger partial charge in [-0.1, -0.05) is 30.3 Å². The van der Waals surface area contributed by atoms with E-state index in [0.717, 1.165) is 16.8 Å². The number of anilines is 2. The molecule has 0 bridgehead atoms. The summed E-state index contributed by atoms with van der Waals surface area (Å²) < 4.78 is 15.9. The Labute approximate surface area is 179 Å². The Bertz CT molecular complexity index is 1160. The first-order valence-corrected chi connectivity index (χ1v) is 10.1. The number of rotatable bonds is 4. The lowest BCUT2D eigenvalue weighted by atomic mass is 9.78. The van der Waals surface area contributed by atoms with Crippen LogP contribution in [0.2, 0.25) is 0 Å². The fourth-order valence-electron chi connectivity index (χ4n) is 4.35. The van der Waals surface area contributed by atoms with Gasteiger partial charge in [-0.3, -0.25) is 4.79 Å². The number of allylic oxidation sites excluding steroid dienone is 1. The van der Waals surface area contributed by atoms with Gasteiger partial charge in [-0.2, -0.15) is 0 Å². The lowest BCUT2D eigenvalue weighted by Gasteiger charge is -2.30. The molecule has 0 radical (unpaired) electrons. The number of hydrogen-bond acceptors (Lipinski definition) is 8. The van der Waals surface area contributed by atoms with E-state index in [4.69, 9.17) is 14.1 Å². The number of nitrogens with zero attached hydrogens (tertiary/aromatic N) is 2. The zero-order chi connectivity index (χ0) is 21.4. The molecule has 158 valence electrons. The van der Waals surface area contributed by atoms with Crippen molar-refractivity contribution in [2.24, 2.45) is 0 Å². The Morgan fingerprint density at radius 1 is 1.00 bits per heavy atom. The molecule has 31 heavy (non-hydrogen) atoms. The van der Waals surface area contributed by atoms with Crippen molar-refractivity contribution in [1.82, 2.24) is 10.3 Å². The van der Waals surface area contributed by atoms with Crippen molar-refractivity contribution in [3.05, 3.63) is 70.9 Å². The maximum atomic E-state index is 13.5. The van der Waals surface area contributed by atoms with Crippen LogP contribution in [0.15, 0.2) is 64.4 Å². The van der Waals surface area contributed by atoms with E-state index >= 15 is 0 Å².